The van der Waals surface area contributed by atoms with Crippen molar-refractivity contribution < 1.29 is 38.8 Å². The summed E-state index contributed by atoms with van der Waals surface area (Å²) in [5.74, 6) is -0.770. The number of aromatic hydroxyl groups is 2. The lowest BCUT2D eigenvalue weighted by atomic mass is 9.97. The molecule has 0 saturated carbocycles. The minimum absolute atomic E-state index is 0.0347. The molecule has 1 fully saturated rings. The summed E-state index contributed by atoms with van der Waals surface area (Å²) in [6.07, 6.45) is 3.72. The van der Waals surface area contributed by atoms with Crippen LogP contribution in [0.4, 0.5) is 0 Å². The van der Waals surface area contributed by atoms with Crippen LogP contribution in [-0.4, -0.2) is 59.1 Å². The van der Waals surface area contributed by atoms with Crippen molar-refractivity contribution in [2.45, 2.75) is 19.3 Å². The number of likely N-dealkylation sites (tertiary alicyclic amines) is 1. The predicted molar refractivity (Wildman–Crippen MR) is 199 cm³/mol. The summed E-state index contributed by atoms with van der Waals surface area (Å²) in [7, 11) is 0. The van der Waals surface area contributed by atoms with Crippen LogP contribution in [-0.2, 0) is 0 Å². The van der Waals surface area contributed by atoms with E-state index in [1.807, 2.05) is 12.1 Å². The van der Waals surface area contributed by atoms with E-state index in [1.54, 1.807) is 78.9 Å². The lowest BCUT2D eigenvalue weighted by Crippen LogP contribution is -2.33. The molecule has 0 radical (unpaired) electrons. The number of hydrogen-bond donors (Lipinski definition) is 2. The van der Waals surface area contributed by atoms with Crippen LogP contribution in [0.5, 0.6) is 28.7 Å². The zero-order chi connectivity index (χ0) is 36.0. The summed E-state index contributed by atoms with van der Waals surface area (Å²) in [6, 6.07) is 31.2. The van der Waals surface area contributed by atoms with Gasteiger partial charge < -0.3 is 24.4 Å². The first kappa shape index (κ1) is 34.5. The van der Waals surface area contributed by atoms with Crippen molar-refractivity contribution in [2.24, 2.45) is 0 Å². The van der Waals surface area contributed by atoms with Gasteiger partial charge in [-0.25, -0.2) is 9.59 Å². The highest BCUT2D eigenvalue weighted by Crippen LogP contribution is 2.42. The largest absolute Gasteiger partial charge is 0.507 e. The number of para-hydroxylation sites is 2. The molecule has 262 valence electrons. The lowest BCUT2D eigenvalue weighted by Gasteiger charge is -2.26. The molecule has 1 saturated heterocycles. The Morgan fingerprint density at radius 2 is 1.23 bits per heavy atom. The molecule has 1 aromatic heterocycles. The first-order valence-electron chi connectivity index (χ1n) is 17.0. The van der Waals surface area contributed by atoms with Gasteiger partial charge in [-0.05, 0) is 122 Å². The Morgan fingerprint density at radius 1 is 0.654 bits per heavy atom. The summed E-state index contributed by atoms with van der Waals surface area (Å²) in [5, 5.41) is 20.9. The molecule has 7 rings (SSSR count). The molecule has 1 aliphatic heterocycles. The molecule has 0 atom stereocenters. The van der Waals surface area contributed by atoms with Gasteiger partial charge >= 0.3 is 11.9 Å². The molecule has 2 heterocycles. The number of esters is 2. The Hall–Kier alpha value is -5.97. The number of thiophene rings is 1. The van der Waals surface area contributed by atoms with Gasteiger partial charge in [-0.1, -0.05) is 30.7 Å². The molecule has 0 aliphatic carbocycles. The Labute approximate surface area is 304 Å². The minimum Gasteiger partial charge on any atom is -0.507 e. The highest BCUT2D eigenvalue weighted by atomic mass is 32.1. The van der Waals surface area contributed by atoms with Gasteiger partial charge in [-0.3, -0.25) is 9.69 Å². The minimum atomic E-state index is -0.710. The Balaban J connectivity index is 1.17. The molecule has 2 N–H and O–H groups in total. The van der Waals surface area contributed by atoms with Crippen LogP contribution in [0.15, 0.2) is 115 Å². The molecule has 9 nitrogen and oxygen atoms in total. The van der Waals surface area contributed by atoms with E-state index in [-0.39, 0.29) is 39.9 Å². The second-order valence-electron chi connectivity index (χ2n) is 12.4. The number of benzene rings is 5. The topological polar surface area (TPSA) is 123 Å². The molecule has 0 spiro atoms. The predicted octanol–water partition coefficient (Wildman–Crippen LogP) is 8.51. The van der Waals surface area contributed by atoms with Crippen molar-refractivity contribution >= 4 is 39.1 Å². The smallest absolute Gasteiger partial charge is 0.347 e. The van der Waals surface area contributed by atoms with E-state index in [0.29, 0.717) is 44.0 Å². The van der Waals surface area contributed by atoms with E-state index in [4.69, 9.17) is 14.2 Å². The Kier molecular flexibility index (Phi) is 10.3. The third kappa shape index (κ3) is 7.68. The zero-order valence-corrected chi connectivity index (χ0v) is 28.9. The molecule has 0 unspecified atom stereocenters. The number of rotatable bonds is 11. The average Bonchev–Trinajstić information content (AvgIpc) is 3.54. The summed E-state index contributed by atoms with van der Waals surface area (Å²) in [6.45, 7) is 3.63. The van der Waals surface area contributed by atoms with Crippen LogP contribution in [0.25, 0.3) is 20.5 Å². The lowest BCUT2D eigenvalue weighted by molar-refractivity contribution is 0.0721. The molecule has 10 heteroatoms. The molecule has 52 heavy (non-hydrogen) atoms. The first-order valence-corrected chi connectivity index (χ1v) is 17.8. The van der Waals surface area contributed by atoms with E-state index in [1.165, 1.54) is 54.9 Å². The van der Waals surface area contributed by atoms with Crippen LogP contribution in [0.2, 0.25) is 0 Å². The number of carbonyl (C=O) groups is 3. The van der Waals surface area contributed by atoms with Gasteiger partial charge in [0, 0.05) is 32.6 Å². The number of phenolic OH excluding ortho intramolecular Hbond substituents is 2. The van der Waals surface area contributed by atoms with Crippen LogP contribution >= 0.6 is 11.3 Å². The van der Waals surface area contributed by atoms with Crippen molar-refractivity contribution in [3.05, 3.63) is 138 Å². The molecular weight excluding hydrogens is 679 g/mol. The van der Waals surface area contributed by atoms with Crippen molar-refractivity contribution in [3.63, 3.8) is 0 Å². The van der Waals surface area contributed by atoms with Gasteiger partial charge in [0.2, 0.25) is 0 Å². The van der Waals surface area contributed by atoms with E-state index < -0.39 is 11.9 Å². The van der Waals surface area contributed by atoms with Crippen LogP contribution < -0.4 is 14.2 Å². The third-order valence-electron chi connectivity index (χ3n) is 8.92. The number of carbonyl (C=O) groups excluding carboxylic acids is 3. The van der Waals surface area contributed by atoms with E-state index in [9.17, 15) is 24.6 Å². The summed E-state index contributed by atoms with van der Waals surface area (Å²) in [5.41, 5.74) is 1.73. The average molecular weight is 714 g/mol. The molecule has 5 aromatic carbocycles. The van der Waals surface area contributed by atoms with Crippen LogP contribution in [0.3, 0.4) is 0 Å². The standard InChI is InChI=1S/C42H35NO8S/c44-35-10-4-2-8-32(35)41(47)50-30-18-14-28(15-19-30)40-38(39(46)27-12-16-29(17-13-27)49-25-24-43-22-6-1-7-23-43)34-21-20-31(26-37(34)52-40)51-42(48)33-9-3-5-11-36(33)45/h2-5,8-21,26,44-45H,1,6-7,22-25H2. The number of phenols is 2. The Morgan fingerprint density at radius 3 is 1.87 bits per heavy atom. The first-order chi connectivity index (χ1) is 25.3. The number of piperidine rings is 1. The van der Waals surface area contributed by atoms with Crippen molar-refractivity contribution in [1.82, 2.24) is 4.90 Å². The molecule has 0 amide bonds. The quantitative estimate of drug-likeness (QED) is 0.0773. The number of hydrogen-bond acceptors (Lipinski definition) is 10. The van der Waals surface area contributed by atoms with Crippen molar-refractivity contribution in [1.29, 1.82) is 0 Å². The highest BCUT2D eigenvalue weighted by molar-refractivity contribution is 7.22. The summed E-state index contributed by atoms with van der Waals surface area (Å²) >= 11 is 1.35. The molecular formula is C42H35NO8S. The number of ketones is 1. The van der Waals surface area contributed by atoms with Gasteiger partial charge in [0.25, 0.3) is 0 Å². The highest BCUT2D eigenvalue weighted by Gasteiger charge is 2.23. The van der Waals surface area contributed by atoms with Crippen LogP contribution in [0, 0.1) is 0 Å². The summed E-state index contributed by atoms with van der Waals surface area (Å²) in [4.78, 5) is 42.9. The van der Waals surface area contributed by atoms with Gasteiger partial charge in [0.05, 0.1) is 0 Å². The van der Waals surface area contributed by atoms with E-state index in [0.717, 1.165) is 19.6 Å². The van der Waals surface area contributed by atoms with Gasteiger partial charge in [0.1, 0.15) is 46.5 Å². The van der Waals surface area contributed by atoms with Gasteiger partial charge in [-0.15, -0.1) is 11.3 Å². The maximum atomic E-state index is 14.3. The SMILES string of the molecule is O=C(Oc1ccc(-c2sc3cc(OC(=O)c4ccccc4O)ccc3c2C(=O)c2ccc(OCCN3CCCCC3)cc2)cc1)c1ccccc1O. The maximum absolute atomic E-state index is 14.3. The third-order valence-corrected chi connectivity index (χ3v) is 10.1. The zero-order valence-electron chi connectivity index (χ0n) is 28.1. The van der Waals surface area contributed by atoms with E-state index in [2.05, 4.69) is 4.90 Å². The fourth-order valence-electron chi connectivity index (χ4n) is 6.18. The second kappa shape index (κ2) is 15.5. The maximum Gasteiger partial charge on any atom is 0.347 e. The fraction of sp³-hybridized carbons (Fsp3) is 0.167. The molecule has 6 aromatic rings. The van der Waals surface area contributed by atoms with Gasteiger partial charge in [0.15, 0.2) is 5.78 Å². The van der Waals surface area contributed by atoms with Crippen molar-refractivity contribution in [2.75, 3.05) is 26.2 Å². The number of nitrogens with zero attached hydrogens (tertiary/aromatic N) is 1. The monoisotopic (exact) mass is 713 g/mol. The fourth-order valence-corrected chi connectivity index (χ4v) is 7.42. The van der Waals surface area contributed by atoms with Crippen molar-refractivity contribution in [3.8, 4) is 39.2 Å². The van der Waals surface area contributed by atoms with Crippen LogP contribution in [0.1, 0.15) is 55.9 Å². The van der Waals surface area contributed by atoms with E-state index >= 15 is 0 Å². The summed E-state index contributed by atoms with van der Waals surface area (Å²) < 4.78 is 17.8. The number of ether oxygens (including phenoxy) is 3. The Bertz CT molecular complexity index is 2240. The normalized spacial score (nSPS) is 13.1. The van der Waals surface area contributed by atoms with Gasteiger partial charge in [-0.2, -0.15) is 0 Å². The second-order valence-corrected chi connectivity index (χ2v) is 13.5. The molecule has 0 bridgehead atoms. The molecule has 1 aliphatic rings. The number of fused-ring (bicyclic) bond motifs is 1.